The van der Waals surface area contributed by atoms with Gasteiger partial charge in [0.15, 0.2) is 34.9 Å². The molecule has 2 amide bonds. The number of rotatable bonds is 9. The molecule has 11 N–H and O–H groups in total. The highest BCUT2D eigenvalue weighted by Crippen LogP contribution is 2.38. The number of aromatic nitrogens is 12. The average Bonchev–Trinajstić information content (AvgIpc) is 1.63. The number of imide groups is 1. The molecule has 0 atom stereocenters. The van der Waals surface area contributed by atoms with E-state index in [1.165, 1.54) is 56.0 Å². The van der Waals surface area contributed by atoms with E-state index in [1.807, 2.05) is 46.8 Å². The SMILES string of the molecule is CC(C)(C)OC(=O)N(C(=O)OC(C)(C)C)c1nccc(B2OC(C)(C)C(C)(C)O2)c1F.COc1ccc(-c2ccnc(N)c2F)nc1-c1cc(C)nc(N)n1.COc1ccc(Br)nc1-c1cc(C)nc(N)n1.Cc1cc(-c2nc(-c3ccnc(N)c3F)ccc2O)nc(N)n1. The van der Waals surface area contributed by atoms with Gasteiger partial charge in [-0.15, -0.1) is 0 Å². The second-order valence-electron chi connectivity index (χ2n) is 23.8. The topological polar surface area (TPSA) is 398 Å². The third kappa shape index (κ3) is 18.0. The minimum Gasteiger partial charge on any atom is -0.506 e. The van der Waals surface area contributed by atoms with E-state index < -0.39 is 65.0 Å². The number of carbonyl (C=O) groups is 2. The number of carbonyl (C=O) groups excluding carboxylic acids is 2. The third-order valence-electron chi connectivity index (χ3n) is 13.5. The van der Waals surface area contributed by atoms with Crippen molar-refractivity contribution in [1.82, 2.24) is 59.8 Å². The predicted octanol–water partition coefficient (Wildman–Crippen LogP) is 10.5. The van der Waals surface area contributed by atoms with Crippen molar-refractivity contribution in [2.45, 2.75) is 112 Å². The first kappa shape index (κ1) is 72.0. The molecule has 10 rings (SSSR count). The molecule has 9 aromatic heterocycles. The summed E-state index contributed by atoms with van der Waals surface area (Å²) < 4.78 is 77.6. The molecule has 95 heavy (non-hydrogen) atoms. The maximum absolute atomic E-state index is 15.6. The first-order valence-electron chi connectivity index (χ1n) is 28.8. The Morgan fingerprint density at radius 1 is 0.526 bits per heavy atom. The lowest BCUT2D eigenvalue weighted by Gasteiger charge is -2.32. The predicted molar refractivity (Wildman–Crippen MR) is 356 cm³/mol. The Hall–Kier alpha value is -10.5. The van der Waals surface area contributed by atoms with Crippen LogP contribution in [0.5, 0.6) is 17.2 Å². The van der Waals surface area contributed by atoms with E-state index in [9.17, 15) is 23.5 Å². The van der Waals surface area contributed by atoms with E-state index in [0.29, 0.717) is 72.2 Å². The number of hydrogen-bond donors (Lipinski definition) is 6. The first-order valence-corrected chi connectivity index (χ1v) is 29.6. The molecule has 0 aromatic carbocycles. The van der Waals surface area contributed by atoms with Gasteiger partial charge in [0.25, 0.3) is 0 Å². The Labute approximate surface area is 554 Å². The highest BCUT2D eigenvalue weighted by atomic mass is 79.9. The number of hydrogen-bond acceptors (Lipinski definition) is 26. The fraction of sp³-hybridized carbons (Fsp3) is 0.302. The minimum absolute atomic E-state index is 0.000711. The number of nitrogens with two attached hydrogens (primary N) is 5. The van der Waals surface area contributed by atoms with Gasteiger partial charge in [-0.25, -0.2) is 82.6 Å². The summed E-state index contributed by atoms with van der Waals surface area (Å²) in [4.78, 5) is 74.9. The zero-order valence-electron chi connectivity index (χ0n) is 54.7. The zero-order valence-corrected chi connectivity index (χ0v) is 56.2. The van der Waals surface area contributed by atoms with Gasteiger partial charge in [0.05, 0.1) is 53.9 Å². The van der Waals surface area contributed by atoms with E-state index in [0.717, 1.165) is 5.69 Å². The molecule has 10 heterocycles. The van der Waals surface area contributed by atoms with Crippen LogP contribution in [0, 0.1) is 38.2 Å². The van der Waals surface area contributed by atoms with Crippen LogP contribution in [0.4, 0.5) is 58.1 Å². The van der Waals surface area contributed by atoms with Crippen molar-refractivity contribution in [3.8, 4) is 73.9 Å². The Bertz CT molecular complexity index is 4210. The highest BCUT2D eigenvalue weighted by Gasteiger charge is 2.53. The lowest BCUT2D eigenvalue weighted by Crippen LogP contribution is -2.46. The number of nitrogen functional groups attached to an aromatic ring is 5. The van der Waals surface area contributed by atoms with Crippen molar-refractivity contribution < 1.29 is 56.1 Å². The number of aryl methyl sites for hydroxylation is 3. The number of amides is 2. The zero-order chi connectivity index (χ0) is 70.2. The van der Waals surface area contributed by atoms with E-state index in [2.05, 4.69) is 75.7 Å². The first-order chi connectivity index (χ1) is 44.4. The number of anilines is 6. The molecule has 1 saturated heterocycles. The van der Waals surface area contributed by atoms with Gasteiger partial charge in [0, 0.05) is 52.3 Å². The number of methoxy groups -OCH3 is 2. The fourth-order valence-electron chi connectivity index (χ4n) is 8.58. The number of ether oxygens (including phenoxy) is 4. The molecule has 0 saturated carbocycles. The summed E-state index contributed by atoms with van der Waals surface area (Å²) >= 11 is 3.32. The van der Waals surface area contributed by atoms with E-state index >= 15 is 4.39 Å². The van der Waals surface area contributed by atoms with Crippen LogP contribution in [-0.4, -0.2) is 121 Å². The van der Waals surface area contributed by atoms with Gasteiger partial charge in [-0.2, -0.15) is 4.90 Å². The molecule has 9 aromatic rings. The molecule has 0 bridgehead atoms. The van der Waals surface area contributed by atoms with Crippen LogP contribution >= 0.6 is 15.9 Å². The summed E-state index contributed by atoms with van der Waals surface area (Å²) in [5.74, 6) is -1.77. The molecule has 0 radical (unpaired) electrons. The van der Waals surface area contributed by atoms with E-state index in [1.54, 1.807) is 92.8 Å². The van der Waals surface area contributed by atoms with Crippen LogP contribution in [-0.2, 0) is 18.8 Å². The molecule has 1 aliphatic heterocycles. The van der Waals surface area contributed by atoms with Crippen molar-refractivity contribution in [3.05, 3.63) is 131 Å². The molecular weight excluding hydrogens is 1300 g/mol. The maximum Gasteiger partial charge on any atom is 0.498 e. The van der Waals surface area contributed by atoms with Crippen LogP contribution in [0.3, 0.4) is 0 Å². The Morgan fingerprint density at radius 3 is 1.34 bits per heavy atom. The lowest BCUT2D eigenvalue weighted by molar-refractivity contribution is 0.00578. The Balaban J connectivity index is 0.000000182. The number of halogens is 4. The smallest absolute Gasteiger partial charge is 0.498 e. The second-order valence-corrected chi connectivity index (χ2v) is 24.6. The van der Waals surface area contributed by atoms with Gasteiger partial charge < -0.3 is 62.0 Å². The lowest BCUT2D eigenvalue weighted by atomic mass is 9.79. The van der Waals surface area contributed by atoms with Gasteiger partial charge in [0.1, 0.15) is 50.1 Å². The number of aromatic hydroxyl groups is 1. The number of pyridine rings is 6. The quantitative estimate of drug-likeness (QED) is 0.0577. The fourth-order valence-corrected chi connectivity index (χ4v) is 8.89. The Kier molecular flexibility index (Phi) is 22.1. The summed E-state index contributed by atoms with van der Waals surface area (Å²) in [5.41, 5.74) is 30.6. The monoisotopic (exact) mass is 1370 g/mol. The van der Waals surface area contributed by atoms with Crippen molar-refractivity contribution in [1.29, 1.82) is 0 Å². The van der Waals surface area contributed by atoms with Crippen LogP contribution in [0.2, 0.25) is 0 Å². The molecule has 0 unspecified atom stereocenters. The molecule has 498 valence electrons. The summed E-state index contributed by atoms with van der Waals surface area (Å²) in [6.45, 7) is 22.5. The maximum atomic E-state index is 15.6. The molecule has 1 fully saturated rings. The molecule has 27 nitrogen and oxygen atoms in total. The van der Waals surface area contributed by atoms with E-state index in [4.69, 9.17) is 56.9 Å². The largest absolute Gasteiger partial charge is 0.506 e. The van der Waals surface area contributed by atoms with Gasteiger partial charge in [0.2, 0.25) is 17.8 Å². The second kappa shape index (κ2) is 29.2. The molecule has 32 heteroatoms. The van der Waals surface area contributed by atoms with Crippen LogP contribution in [0.15, 0.2) is 96.0 Å². The van der Waals surface area contributed by atoms with Gasteiger partial charge in [-0.3, -0.25) is 0 Å². The van der Waals surface area contributed by atoms with Gasteiger partial charge >= 0.3 is 19.3 Å². The summed E-state index contributed by atoms with van der Waals surface area (Å²) in [6.07, 6.45) is 1.85. The molecule has 0 aliphatic carbocycles. The van der Waals surface area contributed by atoms with Crippen LogP contribution < -0.4 is 48.5 Å². The molecular formula is C63H71BBrF3N18O9. The van der Waals surface area contributed by atoms with Crippen molar-refractivity contribution in [3.63, 3.8) is 0 Å². The van der Waals surface area contributed by atoms with E-state index in [-0.39, 0.29) is 57.5 Å². The minimum atomic E-state index is -1.11. The normalized spacial score (nSPS) is 13.0. The van der Waals surface area contributed by atoms with Crippen LogP contribution in [0.25, 0.3) is 56.7 Å². The Morgan fingerprint density at radius 2 is 0.916 bits per heavy atom. The van der Waals surface area contributed by atoms with Crippen molar-refractivity contribution >= 4 is 76.0 Å². The number of nitrogens with zero attached hydrogens (tertiary/aromatic N) is 13. The molecule has 1 aliphatic rings. The summed E-state index contributed by atoms with van der Waals surface area (Å²) in [5, 5.41) is 10.0. The van der Waals surface area contributed by atoms with Crippen molar-refractivity contribution in [2.24, 2.45) is 0 Å². The highest BCUT2D eigenvalue weighted by molar-refractivity contribution is 9.10. The standard InChI is InChI=1S/C21H32BFN2O6.C16H15FN6O.C15H13FN6O.C11H11BrN4O/c1-18(2,3)28-16(26)25(17(27)29-19(4,5)6)15-14(23)13(11-12-24-15)22-30-20(7,8)21(9,10)31-22;1-8-7-11(23-16(19)21-8)14-12(24-2)4-3-10(22-14)9-5-6-20-15(18)13(9)17;1-7-6-10(22-15(18)20-7)13-11(23)3-2-9(21-13)8-4-5-19-14(17)12(8)16;1-6-5-7(15-11(13)14-6)10-8(17-2)3-4-9(12)16-10/h11-12H,1-10H3;3-7H,1-2H3,(H2,18,20)(H2,19,21,23);2-6,23H,1H3,(H2,17,19)(H2,18,20,22);3-5H,1-2H3,(H2,13,14,15). The molecule has 0 spiro atoms. The third-order valence-corrected chi connectivity index (χ3v) is 13.9. The van der Waals surface area contributed by atoms with Crippen LogP contribution in [0.1, 0.15) is 86.3 Å². The summed E-state index contributed by atoms with van der Waals surface area (Å²) in [7, 11) is 2.06. The van der Waals surface area contributed by atoms with Crippen molar-refractivity contribution in [2.75, 3.05) is 47.8 Å². The summed E-state index contributed by atoms with van der Waals surface area (Å²) in [6, 6.07) is 19.3. The van der Waals surface area contributed by atoms with Gasteiger partial charge in [-0.1, -0.05) is 0 Å². The average molecular weight is 1370 g/mol. The van der Waals surface area contributed by atoms with Gasteiger partial charge in [-0.05, 0) is 179 Å².